The Kier molecular flexibility index (Phi) is 3.16. The van der Waals surface area contributed by atoms with Crippen LogP contribution in [0.5, 0.6) is 11.5 Å². The zero-order valence-corrected chi connectivity index (χ0v) is 11.4. The number of amidine groups is 1. The maximum absolute atomic E-state index is 11.4. The molecule has 0 spiro atoms. The Morgan fingerprint density at radius 2 is 2.22 bits per heavy atom. The molecule has 1 aliphatic rings. The molecule has 0 fully saturated rings. The summed E-state index contributed by atoms with van der Waals surface area (Å²) in [6.45, 7) is 0. The summed E-state index contributed by atoms with van der Waals surface area (Å²) < 4.78 is 5.53. The van der Waals surface area contributed by atoms with Crippen molar-refractivity contribution in [3.63, 3.8) is 0 Å². The molecule has 0 saturated carbocycles. The second kappa shape index (κ2) is 4.49. The Bertz CT molecular complexity index is 545. The fourth-order valence-corrected chi connectivity index (χ4v) is 2.32. The quantitative estimate of drug-likeness (QED) is 0.868. The molecule has 0 radical (unpaired) electrons. The van der Waals surface area contributed by atoms with Gasteiger partial charge in [0.25, 0.3) is 0 Å². The number of likely N-dealkylation sites (N-methyl/N-ethyl adjacent to an activating group) is 1. The molecule has 2 amide bonds. The first-order chi connectivity index (χ1) is 8.45. The molecule has 3 N–H and O–H groups in total. The van der Waals surface area contributed by atoms with E-state index in [1.54, 1.807) is 19.2 Å². The molecule has 0 bridgehead atoms. The third-order valence-electron chi connectivity index (χ3n) is 2.78. The highest BCUT2D eigenvalue weighted by Crippen LogP contribution is 2.38. The molecule has 1 atom stereocenters. The molecule has 0 saturated heterocycles. The minimum absolute atomic E-state index is 0.00346. The first-order valence-corrected chi connectivity index (χ1v) is 5.92. The number of rotatable bonds is 2. The molecule has 18 heavy (non-hydrogen) atoms. The summed E-state index contributed by atoms with van der Waals surface area (Å²) in [7, 11) is 3.07. The van der Waals surface area contributed by atoms with E-state index in [0.29, 0.717) is 15.8 Å². The number of hydrogen-bond donors (Lipinski definition) is 2. The average molecular weight is 314 g/mol. The van der Waals surface area contributed by atoms with Crippen molar-refractivity contribution in [3.8, 4) is 11.5 Å². The monoisotopic (exact) mass is 313 g/mol. The number of phenols is 1. The predicted octanol–water partition coefficient (Wildman–Crippen LogP) is 1.63. The third-order valence-corrected chi connectivity index (χ3v) is 3.38. The van der Waals surface area contributed by atoms with Crippen molar-refractivity contribution in [1.29, 1.82) is 0 Å². The van der Waals surface area contributed by atoms with Crippen molar-refractivity contribution < 1.29 is 14.6 Å². The lowest BCUT2D eigenvalue weighted by molar-refractivity contribution is 0.218. The molecular formula is C11H12BrN3O3. The van der Waals surface area contributed by atoms with Gasteiger partial charge in [0.15, 0.2) is 11.5 Å². The molecule has 1 heterocycles. The topological polar surface area (TPSA) is 88.2 Å². The number of halogens is 1. The summed E-state index contributed by atoms with van der Waals surface area (Å²) in [5, 5.41) is 9.73. The summed E-state index contributed by atoms with van der Waals surface area (Å²) in [6, 6.07) is 2.48. The van der Waals surface area contributed by atoms with E-state index >= 15 is 0 Å². The van der Waals surface area contributed by atoms with Crippen molar-refractivity contribution in [2.45, 2.75) is 6.04 Å². The highest BCUT2D eigenvalue weighted by atomic mass is 79.9. The van der Waals surface area contributed by atoms with E-state index in [9.17, 15) is 9.90 Å². The number of nitrogens with zero attached hydrogens (tertiary/aromatic N) is 2. The van der Waals surface area contributed by atoms with E-state index in [1.807, 2.05) is 0 Å². The molecule has 6 nitrogen and oxygen atoms in total. The molecule has 0 aromatic heterocycles. The number of ether oxygens (including phenoxy) is 1. The standard InChI is InChI=1S/C11H12BrN3O3/c1-15-8(10(13)14-11(15)17)5-3-6(12)9(16)7(4-5)18-2/h3-4,8,16H,1-2H3,(H2,13,14,17). The van der Waals surface area contributed by atoms with Crippen LogP contribution in [0.15, 0.2) is 21.6 Å². The summed E-state index contributed by atoms with van der Waals surface area (Å²) in [6.07, 6.45) is 0. The highest BCUT2D eigenvalue weighted by Gasteiger charge is 2.32. The number of benzene rings is 1. The van der Waals surface area contributed by atoms with Gasteiger partial charge in [0.1, 0.15) is 11.9 Å². The lowest BCUT2D eigenvalue weighted by Gasteiger charge is -2.21. The Labute approximate surface area is 112 Å². The van der Waals surface area contributed by atoms with Gasteiger partial charge in [-0.1, -0.05) is 0 Å². The number of aromatic hydroxyl groups is 1. The number of nitrogens with two attached hydrogens (primary N) is 1. The number of urea groups is 1. The van der Waals surface area contributed by atoms with E-state index in [4.69, 9.17) is 10.5 Å². The van der Waals surface area contributed by atoms with Crippen LogP contribution in [0.4, 0.5) is 4.79 Å². The van der Waals surface area contributed by atoms with Gasteiger partial charge in [0.05, 0.1) is 11.6 Å². The highest BCUT2D eigenvalue weighted by molar-refractivity contribution is 9.10. The van der Waals surface area contributed by atoms with Crippen LogP contribution in [0, 0.1) is 0 Å². The Hall–Kier alpha value is -1.76. The largest absolute Gasteiger partial charge is 0.503 e. The van der Waals surface area contributed by atoms with E-state index < -0.39 is 6.04 Å². The summed E-state index contributed by atoms with van der Waals surface area (Å²) in [4.78, 5) is 16.6. The number of hydrogen-bond acceptors (Lipinski definition) is 4. The number of methoxy groups -OCH3 is 1. The van der Waals surface area contributed by atoms with E-state index in [0.717, 1.165) is 0 Å². The SMILES string of the molecule is COc1cc(C2C(N)=NC(=O)N2C)cc(Br)c1O. The van der Waals surface area contributed by atoms with Gasteiger partial charge in [-0.25, -0.2) is 4.79 Å². The third kappa shape index (κ3) is 1.90. The number of carbonyl (C=O) groups excluding carboxylic acids is 1. The molecule has 1 aromatic rings. The Balaban J connectivity index is 2.50. The van der Waals surface area contributed by atoms with Crippen LogP contribution in [0.3, 0.4) is 0 Å². The van der Waals surface area contributed by atoms with E-state index in [-0.39, 0.29) is 17.6 Å². The minimum Gasteiger partial charge on any atom is -0.503 e. The Morgan fingerprint density at radius 1 is 1.56 bits per heavy atom. The molecule has 1 aliphatic heterocycles. The first-order valence-electron chi connectivity index (χ1n) is 5.13. The maximum atomic E-state index is 11.4. The van der Waals surface area contributed by atoms with Crippen molar-refractivity contribution >= 4 is 27.8 Å². The first kappa shape index (κ1) is 12.7. The van der Waals surface area contributed by atoms with Gasteiger partial charge in [-0.05, 0) is 33.6 Å². The van der Waals surface area contributed by atoms with Crippen LogP contribution in [-0.4, -0.2) is 36.0 Å². The number of phenolic OH excluding ortho intramolecular Hbond substituents is 1. The molecule has 1 aromatic carbocycles. The fraction of sp³-hybridized carbons (Fsp3) is 0.273. The maximum Gasteiger partial charge on any atom is 0.345 e. The van der Waals surface area contributed by atoms with Crippen molar-refractivity contribution in [2.24, 2.45) is 10.7 Å². The zero-order chi connectivity index (χ0) is 13.4. The second-order valence-electron chi connectivity index (χ2n) is 3.89. The van der Waals surface area contributed by atoms with Gasteiger partial charge in [0, 0.05) is 7.05 Å². The number of carbonyl (C=O) groups is 1. The summed E-state index contributed by atoms with van der Waals surface area (Å²) in [5.74, 6) is 0.533. The minimum atomic E-state index is -0.441. The lowest BCUT2D eigenvalue weighted by Crippen LogP contribution is -2.30. The summed E-state index contributed by atoms with van der Waals surface area (Å²) in [5.41, 5.74) is 6.45. The molecule has 1 unspecified atom stereocenters. The van der Waals surface area contributed by atoms with Crippen LogP contribution >= 0.6 is 15.9 Å². The fourth-order valence-electron chi connectivity index (χ4n) is 1.86. The van der Waals surface area contributed by atoms with Gasteiger partial charge in [-0.2, -0.15) is 4.99 Å². The average Bonchev–Trinajstić information content (AvgIpc) is 2.57. The van der Waals surface area contributed by atoms with Gasteiger partial charge in [0.2, 0.25) is 0 Å². The van der Waals surface area contributed by atoms with Crippen LogP contribution in [0.25, 0.3) is 0 Å². The smallest absolute Gasteiger partial charge is 0.345 e. The van der Waals surface area contributed by atoms with Crippen molar-refractivity contribution in [1.82, 2.24) is 4.90 Å². The van der Waals surface area contributed by atoms with Gasteiger partial charge < -0.3 is 20.5 Å². The molecule has 0 aliphatic carbocycles. The molecule has 2 rings (SSSR count). The summed E-state index contributed by atoms with van der Waals surface area (Å²) >= 11 is 3.23. The Morgan fingerprint density at radius 3 is 2.72 bits per heavy atom. The normalized spacial score (nSPS) is 19.1. The predicted molar refractivity (Wildman–Crippen MR) is 69.9 cm³/mol. The van der Waals surface area contributed by atoms with E-state index in [2.05, 4.69) is 20.9 Å². The van der Waals surface area contributed by atoms with Gasteiger partial charge >= 0.3 is 6.03 Å². The number of amides is 2. The zero-order valence-electron chi connectivity index (χ0n) is 9.85. The molecule has 96 valence electrons. The second-order valence-corrected chi connectivity index (χ2v) is 4.74. The van der Waals surface area contributed by atoms with Crippen molar-refractivity contribution in [3.05, 3.63) is 22.2 Å². The van der Waals surface area contributed by atoms with E-state index in [1.165, 1.54) is 12.0 Å². The van der Waals surface area contributed by atoms with Crippen LogP contribution in [-0.2, 0) is 0 Å². The van der Waals surface area contributed by atoms with Crippen LogP contribution < -0.4 is 10.5 Å². The van der Waals surface area contributed by atoms with Gasteiger partial charge in [-0.3, -0.25) is 0 Å². The van der Waals surface area contributed by atoms with Crippen LogP contribution in [0.1, 0.15) is 11.6 Å². The van der Waals surface area contributed by atoms with Crippen LogP contribution in [0.2, 0.25) is 0 Å². The number of aliphatic imine (C=N–C) groups is 1. The molecular weight excluding hydrogens is 302 g/mol. The van der Waals surface area contributed by atoms with Gasteiger partial charge in [-0.15, -0.1) is 0 Å². The van der Waals surface area contributed by atoms with Crippen molar-refractivity contribution in [2.75, 3.05) is 14.2 Å². The molecule has 7 heteroatoms. The lowest BCUT2D eigenvalue weighted by atomic mass is 10.1.